The van der Waals surface area contributed by atoms with E-state index in [-0.39, 0.29) is 0 Å². The maximum atomic E-state index is 14.7. The van der Waals surface area contributed by atoms with E-state index in [0.29, 0.717) is 20.8 Å². The molecule has 0 aromatic heterocycles. The molecule has 320 valence electrons. The molecule has 18 N–H and O–H groups in total. The van der Waals surface area contributed by atoms with Crippen LogP contribution in [0.4, 0.5) is 0 Å². The molecule has 0 aliphatic heterocycles. The molecule has 0 fully saturated rings. The monoisotopic (exact) mass is 986 g/mol. The molecule has 3 atom stereocenters. The van der Waals surface area contributed by atoms with Gasteiger partial charge < -0.3 is 88.1 Å². The van der Waals surface area contributed by atoms with Gasteiger partial charge in [0, 0.05) is 0 Å². The minimum Gasteiger partial charge on any atom is -0.324 e. The molecule has 0 rings (SSSR count). The van der Waals surface area contributed by atoms with Crippen LogP contribution < -0.4 is 0 Å². The second kappa shape index (κ2) is 16.5. The van der Waals surface area contributed by atoms with Gasteiger partial charge in [-0.05, 0) is 19.3 Å². The molecule has 3 unspecified atom stereocenters. The van der Waals surface area contributed by atoms with Crippen molar-refractivity contribution < 1.29 is 147 Å². The SMILES string of the molecule is CCC(C(OP(=O)(OC(C(CC)P(=O)(O)O)(P(=O)(O)O)P(=O)(O)O)OC(C(CC)P(=O)(O)O)(P(=O)(O)O)P(=O)(O)O)(P(=O)(O)O)P(=O)(O)O)P(=O)(O)O. The van der Waals surface area contributed by atoms with Crippen LogP contribution in [0.1, 0.15) is 40.0 Å². The van der Waals surface area contributed by atoms with Crippen molar-refractivity contribution in [2.45, 2.75) is 72.3 Å². The topological polar surface area (TPSA) is 563 Å². The van der Waals surface area contributed by atoms with Crippen LogP contribution in [0.25, 0.3) is 0 Å². The highest BCUT2D eigenvalue weighted by Crippen LogP contribution is 2.88. The third-order valence-corrected chi connectivity index (χ3v) is 27.3. The van der Waals surface area contributed by atoms with Gasteiger partial charge >= 0.3 is 76.2 Å². The molecule has 31 nitrogen and oxygen atoms in total. The molecule has 41 heteroatoms. The average molecular weight is 986 g/mol. The normalized spacial score (nSPS) is 18.7. The zero-order chi connectivity index (χ0) is 43.5. The molecule has 0 aromatic rings. The Morgan fingerprint density at radius 1 is 0.340 bits per heavy atom. The predicted octanol–water partition coefficient (Wildman–Crippen LogP) is -0.959. The van der Waals surface area contributed by atoms with E-state index < -0.39 is 128 Å². The maximum absolute atomic E-state index is 14.7. The van der Waals surface area contributed by atoms with Crippen molar-refractivity contribution in [3.05, 3.63) is 0 Å². The molecule has 0 amide bonds. The van der Waals surface area contributed by atoms with E-state index in [1.165, 1.54) is 0 Å². The maximum Gasteiger partial charge on any atom is 0.480 e. The van der Waals surface area contributed by atoms with Gasteiger partial charge in [-0.2, -0.15) is 0 Å². The van der Waals surface area contributed by atoms with Gasteiger partial charge in [0.1, 0.15) is 17.0 Å². The van der Waals surface area contributed by atoms with Crippen molar-refractivity contribution in [2.75, 3.05) is 0 Å². The van der Waals surface area contributed by atoms with Crippen LogP contribution in [0, 0.1) is 0 Å². The van der Waals surface area contributed by atoms with Crippen molar-refractivity contribution in [1.82, 2.24) is 0 Å². The first-order valence-corrected chi connectivity index (χ1v) is 29.1. The van der Waals surface area contributed by atoms with E-state index in [2.05, 4.69) is 13.6 Å². The molecule has 0 heterocycles. The van der Waals surface area contributed by atoms with Crippen molar-refractivity contribution >= 4 is 76.2 Å². The van der Waals surface area contributed by atoms with Crippen LogP contribution in [-0.4, -0.2) is 120 Å². The Kier molecular flexibility index (Phi) is 16.9. The van der Waals surface area contributed by atoms with Crippen LogP contribution in [0.15, 0.2) is 0 Å². The quantitative estimate of drug-likeness (QED) is 0.0616. The van der Waals surface area contributed by atoms with Crippen molar-refractivity contribution in [3.8, 4) is 0 Å². The van der Waals surface area contributed by atoms with Gasteiger partial charge in [0.05, 0.1) is 0 Å². The number of phosphoric acid groups is 1. The summed E-state index contributed by atoms with van der Waals surface area (Å²) >= 11 is 0. The number of hydrogen-bond acceptors (Lipinski definition) is 13. The van der Waals surface area contributed by atoms with E-state index in [9.17, 15) is 134 Å². The second-order valence-corrected chi connectivity index (χ2v) is 28.9. The highest BCUT2D eigenvalue weighted by Gasteiger charge is 2.80. The Hall–Kier alpha value is 1.46. The lowest BCUT2D eigenvalue weighted by Crippen LogP contribution is -2.49. The van der Waals surface area contributed by atoms with Crippen LogP contribution in [0.5, 0.6) is 0 Å². The molecule has 0 aromatic carbocycles. The van der Waals surface area contributed by atoms with Gasteiger partial charge in [-0.15, -0.1) is 0 Å². The van der Waals surface area contributed by atoms with Crippen LogP contribution in [0.3, 0.4) is 0 Å². The largest absolute Gasteiger partial charge is 0.480 e. The predicted molar refractivity (Wildman–Crippen MR) is 170 cm³/mol. The van der Waals surface area contributed by atoms with Gasteiger partial charge in [-0.1, -0.05) is 20.8 Å². The molecule has 53 heavy (non-hydrogen) atoms. The lowest BCUT2D eigenvalue weighted by atomic mass is 10.3. The van der Waals surface area contributed by atoms with E-state index in [1.807, 2.05) is 0 Å². The molecule has 0 spiro atoms. The Bertz CT molecular complexity index is 1560. The summed E-state index contributed by atoms with van der Waals surface area (Å²) in [4.78, 5) is 181. The fourth-order valence-corrected chi connectivity index (χ4v) is 26.8. The fourth-order valence-electron chi connectivity index (χ4n) is 4.89. The van der Waals surface area contributed by atoms with Gasteiger partial charge in [-0.25, -0.2) is 4.57 Å². The summed E-state index contributed by atoms with van der Waals surface area (Å²) in [5, 5.41) is -17.3. The van der Waals surface area contributed by atoms with E-state index in [1.54, 1.807) is 0 Å². The molecule has 0 aliphatic carbocycles. The molecule has 0 saturated carbocycles. The summed E-state index contributed by atoms with van der Waals surface area (Å²) < 4.78 is 141. The lowest BCUT2D eigenvalue weighted by molar-refractivity contribution is 0.00677. The number of hydrogen-bond donors (Lipinski definition) is 18. The van der Waals surface area contributed by atoms with Crippen molar-refractivity contribution in [1.29, 1.82) is 0 Å². The number of phosphoric ester groups is 1. The highest BCUT2D eigenvalue weighted by molar-refractivity contribution is 7.77. The average Bonchev–Trinajstić information content (AvgIpc) is 2.81. The third-order valence-electron chi connectivity index (χ3n) is 6.92. The van der Waals surface area contributed by atoms with Crippen LogP contribution >= 0.6 is 76.2 Å². The molecular weight excluding hydrogens is 950 g/mol. The third kappa shape index (κ3) is 10.6. The van der Waals surface area contributed by atoms with E-state index in [4.69, 9.17) is 0 Å². The summed E-state index contributed by atoms with van der Waals surface area (Å²) in [6.07, 6.45) is -5.28. The molecule has 0 saturated heterocycles. The van der Waals surface area contributed by atoms with E-state index >= 15 is 0 Å². The van der Waals surface area contributed by atoms with Gasteiger partial charge in [0.15, 0.2) is 0 Å². The fraction of sp³-hybridized carbons (Fsp3) is 1.00. The first-order valence-electron chi connectivity index (χ1n) is 12.9. The molecule has 0 radical (unpaired) electrons. The Morgan fingerprint density at radius 2 is 0.472 bits per heavy atom. The Morgan fingerprint density at radius 3 is 0.547 bits per heavy atom. The Labute approximate surface area is 295 Å². The summed E-state index contributed by atoms with van der Waals surface area (Å²) in [6, 6.07) is 0. The highest BCUT2D eigenvalue weighted by atomic mass is 31.3. The zero-order valence-electron chi connectivity index (χ0n) is 26.2. The van der Waals surface area contributed by atoms with Crippen LogP contribution in [0.2, 0.25) is 0 Å². The Balaban J connectivity index is 9.79. The van der Waals surface area contributed by atoms with Gasteiger partial charge in [-0.3, -0.25) is 54.7 Å². The summed E-state index contributed by atoms with van der Waals surface area (Å²) in [5.74, 6) is 0. The van der Waals surface area contributed by atoms with Crippen LogP contribution in [-0.2, 0) is 59.2 Å². The van der Waals surface area contributed by atoms with Crippen molar-refractivity contribution in [3.63, 3.8) is 0 Å². The minimum absolute atomic E-state index is 0.382. The standard InChI is InChI=1S/C12H36O31P10/c1-4-7(44(13,14)15)10(47(22,23)24,48(25,26)27)41-53(40,42-11(49(28,29)30,50(31,32)33)8(5-2)45(16,17)18)43-12(51(34,35)36,52(37,38)39)9(6-3)46(19,20)21/h7-9H,4-6H2,1-3H3,(H2,13,14,15)(H2,16,17,18)(H2,19,20,21)(H2,22,23,24)(H2,25,26,27)(H2,28,29,30)(H2,31,32,33)(H2,34,35,36)(H2,37,38,39). The van der Waals surface area contributed by atoms with Gasteiger partial charge in [0.25, 0.3) is 15.2 Å². The summed E-state index contributed by atoms with van der Waals surface area (Å²) in [6.45, 7) is 1.15. The smallest absolute Gasteiger partial charge is 0.324 e. The van der Waals surface area contributed by atoms with E-state index in [0.717, 1.165) is 0 Å². The first kappa shape index (κ1) is 54.5. The van der Waals surface area contributed by atoms with Gasteiger partial charge in [0.2, 0.25) is 0 Å². The lowest BCUT2D eigenvalue weighted by Gasteiger charge is -2.47. The number of rotatable bonds is 21. The van der Waals surface area contributed by atoms with Crippen molar-refractivity contribution in [2.24, 2.45) is 0 Å². The summed E-state index contributed by atoms with van der Waals surface area (Å²) in [5.41, 5.74) is -11.8. The summed E-state index contributed by atoms with van der Waals surface area (Å²) in [7, 11) is -74.3. The molecule has 0 bridgehead atoms. The zero-order valence-corrected chi connectivity index (χ0v) is 35.1. The second-order valence-electron chi connectivity index (χ2n) is 10.5. The minimum atomic E-state index is -8.56. The molecular formula is C12H36O31P10. The molecule has 0 aliphatic rings. The first-order chi connectivity index (χ1) is 22.7.